The number of hydrogen-bond donors (Lipinski definition) is 3. The number of aromatic nitrogens is 5. The lowest BCUT2D eigenvalue weighted by Crippen LogP contribution is -2.34. The Kier molecular flexibility index (Phi) is 3.80. The fraction of sp³-hybridized carbons (Fsp3) is 0.316. The summed E-state index contributed by atoms with van der Waals surface area (Å²) in [7, 11) is 0. The minimum absolute atomic E-state index is 0.0911. The minimum atomic E-state index is -0.412. The molecule has 0 unspecified atom stereocenters. The molecule has 0 aliphatic carbocycles. The van der Waals surface area contributed by atoms with Gasteiger partial charge in [0.05, 0.1) is 30.9 Å². The van der Waals surface area contributed by atoms with E-state index in [1.807, 2.05) is 24.4 Å². The molecule has 0 aromatic carbocycles. The van der Waals surface area contributed by atoms with Crippen molar-refractivity contribution in [2.45, 2.75) is 31.6 Å². The Hall–Kier alpha value is -2.97. The number of imidazole rings is 1. The first-order valence-corrected chi connectivity index (χ1v) is 8.99. The molecule has 138 valence electrons. The molecular weight excluding hydrogens is 346 g/mol. The topological polar surface area (TPSA) is 109 Å². The van der Waals surface area contributed by atoms with Gasteiger partial charge in [-0.15, -0.1) is 0 Å². The molecule has 4 aromatic heterocycles. The lowest BCUT2D eigenvalue weighted by Gasteiger charge is -2.26. The highest BCUT2D eigenvalue weighted by atomic mass is 16.5. The first kappa shape index (κ1) is 16.2. The van der Waals surface area contributed by atoms with Crippen molar-refractivity contribution in [2.75, 3.05) is 6.61 Å². The van der Waals surface area contributed by atoms with Gasteiger partial charge in [-0.25, -0.2) is 14.8 Å². The van der Waals surface area contributed by atoms with Crippen molar-refractivity contribution in [3.8, 4) is 11.1 Å². The monoisotopic (exact) mass is 365 g/mol. The van der Waals surface area contributed by atoms with Crippen molar-refractivity contribution in [2.24, 2.45) is 0 Å². The van der Waals surface area contributed by atoms with E-state index in [1.54, 1.807) is 17.0 Å². The molecule has 2 atom stereocenters. The quantitative estimate of drug-likeness (QED) is 0.513. The van der Waals surface area contributed by atoms with Gasteiger partial charge in [-0.2, -0.15) is 0 Å². The molecule has 0 saturated carbocycles. The molecule has 27 heavy (non-hydrogen) atoms. The third kappa shape index (κ3) is 2.92. The van der Waals surface area contributed by atoms with E-state index >= 15 is 0 Å². The number of pyridine rings is 2. The second kappa shape index (κ2) is 6.33. The molecule has 5 heterocycles. The molecule has 0 radical (unpaired) electrons. The van der Waals surface area contributed by atoms with Crippen LogP contribution in [0.2, 0.25) is 0 Å². The lowest BCUT2D eigenvalue weighted by atomic mass is 10.1. The van der Waals surface area contributed by atoms with Crippen LogP contribution in [-0.4, -0.2) is 48.4 Å². The molecule has 1 fully saturated rings. The molecule has 4 aromatic rings. The van der Waals surface area contributed by atoms with Crippen molar-refractivity contribution in [1.82, 2.24) is 24.5 Å². The van der Waals surface area contributed by atoms with Crippen LogP contribution >= 0.6 is 0 Å². The van der Waals surface area contributed by atoms with Crippen LogP contribution in [0.1, 0.15) is 12.8 Å². The predicted molar refractivity (Wildman–Crippen MR) is 100 cm³/mol. The zero-order valence-corrected chi connectivity index (χ0v) is 14.6. The molecule has 0 amide bonds. The normalized spacial score (nSPS) is 20.5. The standard InChI is InChI=1S/C19H19N5O3/c25-14-1-2-15(27-10-14)9-24-16-6-13(8-22-18(16)23-19(24)26)12-5-11-3-4-20-17(11)21-7-12/h3-8,14-15,25H,1-2,9-10H2,(H,20,21)(H,22,23,26)/t14-,15-/m0/s1. The summed E-state index contributed by atoms with van der Waals surface area (Å²) in [5.41, 5.74) is 3.75. The second-order valence-corrected chi connectivity index (χ2v) is 6.96. The molecule has 0 bridgehead atoms. The highest BCUT2D eigenvalue weighted by molar-refractivity contribution is 5.84. The highest BCUT2D eigenvalue weighted by Gasteiger charge is 2.22. The Morgan fingerprint density at radius 2 is 2.00 bits per heavy atom. The van der Waals surface area contributed by atoms with E-state index < -0.39 is 6.10 Å². The lowest BCUT2D eigenvalue weighted by molar-refractivity contribution is -0.0609. The first-order valence-electron chi connectivity index (χ1n) is 8.99. The van der Waals surface area contributed by atoms with E-state index in [4.69, 9.17) is 4.74 Å². The maximum atomic E-state index is 12.4. The number of ether oxygens (including phenoxy) is 1. The molecule has 1 saturated heterocycles. The van der Waals surface area contributed by atoms with Crippen LogP contribution in [0.25, 0.3) is 33.3 Å². The summed E-state index contributed by atoms with van der Waals surface area (Å²) < 4.78 is 7.33. The fourth-order valence-corrected chi connectivity index (χ4v) is 3.61. The Morgan fingerprint density at radius 1 is 1.19 bits per heavy atom. The number of rotatable bonds is 3. The van der Waals surface area contributed by atoms with E-state index in [-0.39, 0.29) is 11.8 Å². The van der Waals surface area contributed by atoms with Gasteiger partial charge < -0.3 is 14.8 Å². The minimum Gasteiger partial charge on any atom is -0.391 e. The molecular formula is C19H19N5O3. The molecule has 1 aliphatic heterocycles. The first-order chi connectivity index (χ1) is 13.2. The molecule has 1 aliphatic rings. The van der Waals surface area contributed by atoms with Gasteiger partial charge in [0.2, 0.25) is 0 Å². The molecule has 8 heteroatoms. The predicted octanol–water partition coefficient (Wildman–Crippen LogP) is 1.81. The van der Waals surface area contributed by atoms with Crippen LogP contribution in [0.4, 0.5) is 0 Å². The Balaban J connectivity index is 1.53. The van der Waals surface area contributed by atoms with Crippen LogP contribution in [-0.2, 0) is 11.3 Å². The third-order valence-corrected chi connectivity index (χ3v) is 5.09. The van der Waals surface area contributed by atoms with Crippen molar-refractivity contribution >= 4 is 22.2 Å². The van der Waals surface area contributed by atoms with Crippen LogP contribution in [0.3, 0.4) is 0 Å². The number of nitrogens with one attached hydrogen (secondary N) is 2. The van der Waals surface area contributed by atoms with Crippen LogP contribution in [0.15, 0.2) is 41.6 Å². The maximum Gasteiger partial charge on any atom is 0.327 e. The number of aliphatic hydroxyl groups excluding tert-OH is 1. The average Bonchev–Trinajstić information content (AvgIpc) is 3.27. The van der Waals surface area contributed by atoms with Gasteiger partial charge in [0, 0.05) is 35.1 Å². The van der Waals surface area contributed by atoms with E-state index in [9.17, 15) is 9.90 Å². The third-order valence-electron chi connectivity index (χ3n) is 5.09. The summed E-state index contributed by atoms with van der Waals surface area (Å²) in [4.78, 5) is 27.1. The summed E-state index contributed by atoms with van der Waals surface area (Å²) in [6, 6.07) is 5.97. The van der Waals surface area contributed by atoms with Crippen molar-refractivity contribution in [3.05, 3.63) is 47.3 Å². The van der Waals surface area contributed by atoms with Gasteiger partial charge in [-0.1, -0.05) is 0 Å². The van der Waals surface area contributed by atoms with Crippen LogP contribution in [0.5, 0.6) is 0 Å². The van der Waals surface area contributed by atoms with Gasteiger partial charge >= 0.3 is 5.69 Å². The van der Waals surface area contributed by atoms with Gasteiger partial charge in [0.25, 0.3) is 0 Å². The summed E-state index contributed by atoms with van der Waals surface area (Å²) in [5.74, 6) is 0. The number of fused-ring (bicyclic) bond motifs is 2. The van der Waals surface area contributed by atoms with Gasteiger partial charge in [-0.05, 0) is 31.0 Å². The molecule has 3 N–H and O–H groups in total. The smallest absolute Gasteiger partial charge is 0.327 e. The SMILES string of the molecule is O=c1[nH]c2ncc(-c3cnc4[nH]ccc4c3)cc2n1C[C@@H]1CC[C@H](O)CO1. The second-order valence-electron chi connectivity index (χ2n) is 6.96. The maximum absolute atomic E-state index is 12.4. The van der Waals surface area contributed by atoms with Crippen LogP contribution in [0, 0.1) is 0 Å². The Morgan fingerprint density at radius 3 is 2.81 bits per heavy atom. The van der Waals surface area contributed by atoms with E-state index in [1.165, 1.54) is 0 Å². The Bertz CT molecular complexity index is 1170. The van der Waals surface area contributed by atoms with E-state index in [0.29, 0.717) is 25.2 Å². The molecule has 8 nitrogen and oxygen atoms in total. The van der Waals surface area contributed by atoms with Gasteiger partial charge in [0.15, 0.2) is 5.65 Å². The van der Waals surface area contributed by atoms with Crippen LogP contribution < -0.4 is 5.69 Å². The van der Waals surface area contributed by atoms with Gasteiger partial charge in [0.1, 0.15) is 5.65 Å². The molecule has 5 rings (SSSR count). The summed E-state index contributed by atoms with van der Waals surface area (Å²) >= 11 is 0. The molecule has 0 spiro atoms. The number of aromatic amines is 2. The number of nitrogens with zero attached hydrogens (tertiary/aromatic N) is 3. The summed E-state index contributed by atoms with van der Waals surface area (Å²) in [5, 5.41) is 10.6. The van der Waals surface area contributed by atoms with E-state index in [0.717, 1.165) is 34.1 Å². The average molecular weight is 365 g/mol. The van der Waals surface area contributed by atoms with E-state index in [2.05, 4.69) is 19.9 Å². The van der Waals surface area contributed by atoms with Crippen molar-refractivity contribution in [3.63, 3.8) is 0 Å². The van der Waals surface area contributed by atoms with Gasteiger partial charge in [-0.3, -0.25) is 9.55 Å². The number of H-pyrrole nitrogens is 2. The Labute approximate surface area is 153 Å². The zero-order chi connectivity index (χ0) is 18.4. The van der Waals surface area contributed by atoms with Crippen molar-refractivity contribution < 1.29 is 9.84 Å². The fourth-order valence-electron chi connectivity index (χ4n) is 3.61. The van der Waals surface area contributed by atoms with Crippen molar-refractivity contribution in [1.29, 1.82) is 0 Å². The summed E-state index contributed by atoms with van der Waals surface area (Å²) in [6.07, 6.45) is 6.30. The summed E-state index contributed by atoms with van der Waals surface area (Å²) in [6.45, 7) is 0.749. The zero-order valence-electron chi connectivity index (χ0n) is 14.6. The number of aliphatic hydroxyl groups is 1. The highest BCUT2D eigenvalue weighted by Crippen LogP contribution is 2.24. The number of hydrogen-bond acceptors (Lipinski definition) is 5. The largest absolute Gasteiger partial charge is 0.391 e.